The van der Waals surface area contributed by atoms with Gasteiger partial charge in [0, 0.05) is 6.42 Å². The average Bonchev–Trinajstić information content (AvgIpc) is 2.27. The van der Waals surface area contributed by atoms with E-state index >= 15 is 0 Å². The lowest BCUT2D eigenvalue weighted by Gasteiger charge is -2.02. The smallest absolute Gasteiger partial charge is 0.178 e. The standard InChI is InChI=1S/C11H14O3S/c1-2-15(13,14)11-7-5-10(6-8-11)4-3-9-12/h5-9H,2-4H2,1H3. The van der Waals surface area contributed by atoms with Gasteiger partial charge < -0.3 is 4.79 Å². The molecule has 0 spiro atoms. The number of hydrogen-bond donors (Lipinski definition) is 0. The van der Waals surface area contributed by atoms with Crippen LogP contribution in [0.4, 0.5) is 0 Å². The van der Waals surface area contributed by atoms with E-state index in [1.807, 2.05) is 0 Å². The summed E-state index contributed by atoms with van der Waals surface area (Å²) < 4.78 is 22.9. The highest BCUT2D eigenvalue weighted by atomic mass is 32.2. The summed E-state index contributed by atoms with van der Waals surface area (Å²) in [5, 5.41) is 0. The van der Waals surface area contributed by atoms with Gasteiger partial charge in [0.1, 0.15) is 6.29 Å². The highest BCUT2D eigenvalue weighted by Crippen LogP contribution is 2.12. The normalized spacial score (nSPS) is 11.3. The van der Waals surface area contributed by atoms with Crippen LogP contribution < -0.4 is 0 Å². The molecule has 82 valence electrons. The minimum absolute atomic E-state index is 0.112. The zero-order valence-electron chi connectivity index (χ0n) is 8.64. The number of sulfone groups is 1. The van der Waals surface area contributed by atoms with Gasteiger partial charge in [-0.15, -0.1) is 0 Å². The SMILES string of the molecule is CCS(=O)(=O)c1ccc(CCC=O)cc1. The van der Waals surface area contributed by atoms with E-state index in [-0.39, 0.29) is 5.75 Å². The molecular formula is C11H14O3S. The lowest BCUT2D eigenvalue weighted by atomic mass is 10.1. The molecule has 15 heavy (non-hydrogen) atoms. The van der Waals surface area contributed by atoms with Crippen molar-refractivity contribution in [2.45, 2.75) is 24.7 Å². The van der Waals surface area contributed by atoms with Gasteiger partial charge in [0.25, 0.3) is 0 Å². The van der Waals surface area contributed by atoms with Crippen LogP contribution in [0, 0.1) is 0 Å². The van der Waals surface area contributed by atoms with Crippen molar-refractivity contribution < 1.29 is 13.2 Å². The maximum atomic E-state index is 11.5. The van der Waals surface area contributed by atoms with Gasteiger partial charge in [-0.1, -0.05) is 19.1 Å². The Kier molecular flexibility index (Phi) is 4.03. The Morgan fingerprint density at radius 2 is 1.80 bits per heavy atom. The zero-order chi connectivity index (χ0) is 11.3. The van der Waals surface area contributed by atoms with E-state index in [2.05, 4.69) is 0 Å². The molecular weight excluding hydrogens is 212 g/mol. The Balaban J connectivity index is 2.85. The predicted octanol–water partition coefficient (Wildman–Crippen LogP) is 1.61. The third kappa shape index (κ3) is 3.16. The molecule has 0 bridgehead atoms. The maximum Gasteiger partial charge on any atom is 0.178 e. The molecule has 1 rings (SSSR count). The number of aldehydes is 1. The van der Waals surface area contributed by atoms with Crippen LogP contribution in [-0.2, 0) is 21.1 Å². The number of rotatable bonds is 5. The topological polar surface area (TPSA) is 51.2 Å². The van der Waals surface area contributed by atoms with Gasteiger partial charge >= 0.3 is 0 Å². The molecule has 0 saturated heterocycles. The second-order valence-corrected chi connectivity index (χ2v) is 5.53. The summed E-state index contributed by atoms with van der Waals surface area (Å²) in [7, 11) is -3.10. The van der Waals surface area contributed by atoms with E-state index in [1.165, 1.54) is 0 Å². The molecule has 0 saturated carbocycles. The summed E-state index contributed by atoms with van der Waals surface area (Å²) in [5.74, 6) is 0.112. The summed E-state index contributed by atoms with van der Waals surface area (Å²) in [5.41, 5.74) is 0.983. The monoisotopic (exact) mass is 226 g/mol. The summed E-state index contributed by atoms with van der Waals surface area (Å²) >= 11 is 0. The minimum atomic E-state index is -3.10. The fourth-order valence-electron chi connectivity index (χ4n) is 1.26. The van der Waals surface area contributed by atoms with Gasteiger partial charge in [-0.3, -0.25) is 0 Å². The lowest BCUT2D eigenvalue weighted by Crippen LogP contribution is -2.03. The van der Waals surface area contributed by atoms with Crippen LogP contribution in [0.25, 0.3) is 0 Å². The molecule has 0 aliphatic rings. The van der Waals surface area contributed by atoms with Crippen LogP contribution in [0.1, 0.15) is 18.9 Å². The Hall–Kier alpha value is -1.16. The third-order valence-corrected chi connectivity index (χ3v) is 3.96. The average molecular weight is 226 g/mol. The second kappa shape index (κ2) is 5.07. The molecule has 4 heteroatoms. The molecule has 0 fully saturated rings. The van der Waals surface area contributed by atoms with Crippen LogP contribution in [0.3, 0.4) is 0 Å². The quantitative estimate of drug-likeness (QED) is 0.717. The van der Waals surface area contributed by atoms with Crippen molar-refractivity contribution in [3.63, 3.8) is 0 Å². The van der Waals surface area contributed by atoms with E-state index in [4.69, 9.17) is 0 Å². The summed E-state index contributed by atoms with van der Waals surface area (Å²) in [6.07, 6.45) is 1.99. The van der Waals surface area contributed by atoms with Crippen LogP contribution in [0.2, 0.25) is 0 Å². The highest BCUT2D eigenvalue weighted by Gasteiger charge is 2.10. The largest absolute Gasteiger partial charge is 0.303 e. The molecule has 0 heterocycles. The first-order chi connectivity index (χ1) is 7.10. The first kappa shape index (κ1) is 11.9. The van der Waals surface area contributed by atoms with Crippen molar-refractivity contribution in [1.82, 2.24) is 0 Å². The summed E-state index contributed by atoms with van der Waals surface area (Å²) in [6, 6.07) is 6.70. The Morgan fingerprint density at radius 1 is 1.20 bits per heavy atom. The second-order valence-electron chi connectivity index (χ2n) is 3.25. The number of benzene rings is 1. The minimum Gasteiger partial charge on any atom is -0.303 e. The summed E-state index contributed by atoms with van der Waals surface area (Å²) in [6.45, 7) is 1.62. The van der Waals surface area contributed by atoms with Gasteiger partial charge in [0.2, 0.25) is 0 Å². The van der Waals surface area contributed by atoms with Gasteiger partial charge in [-0.2, -0.15) is 0 Å². The molecule has 1 aromatic rings. The fraction of sp³-hybridized carbons (Fsp3) is 0.364. The van der Waals surface area contributed by atoms with Crippen molar-refractivity contribution in [3.8, 4) is 0 Å². The van der Waals surface area contributed by atoms with E-state index in [1.54, 1.807) is 31.2 Å². The van der Waals surface area contributed by atoms with Crippen molar-refractivity contribution in [2.24, 2.45) is 0 Å². The number of carbonyl (C=O) groups is 1. The van der Waals surface area contributed by atoms with Gasteiger partial charge in [-0.25, -0.2) is 8.42 Å². The van der Waals surface area contributed by atoms with E-state index in [9.17, 15) is 13.2 Å². The molecule has 3 nitrogen and oxygen atoms in total. The van der Waals surface area contributed by atoms with Crippen LogP contribution >= 0.6 is 0 Å². The summed E-state index contributed by atoms with van der Waals surface area (Å²) in [4.78, 5) is 10.5. The highest BCUT2D eigenvalue weighted by molar-refractivity contribution is 7.91. The number of aryl methyl sites for hydroxylation is 1. The van der Waals surface area contributed by atoms with Crippen molar-refractivity contribution in [2.75, 3.05) is 5.75 Å². The molecule has 0 unspecified atom stereocenters. The van der Waals surface area contributed by atoms with E-state index < -0.39 is 9.84 Å². The van der Waals surface area contributed by atoms with Crippen LogP contribution in [0.15, 0.2) is 29.2 Å². The molecule has 0 aliphatic heterocycles. The van der Waals surface area contributed by atoms with Gasteiger partial charge in [0.15, 0.2) is 9.84 Å². The Bertz CT molecular complexity index is 418. The van der Waals surface area contributed by atoms with E-state index in [0.717, 1.165) is 11.8 Å². The molecule has 0 atom stereocenters. The first-order valence-electron chi connectivity index (χ1n) is 4.85. The molecule has 0 N–H and O–H groups in total. The van der Waals surface area contributed by atoms with Crippen molar-refractivity contribution >= 4 is 16.1 Å². The number of carbonyl (C=O) groups excluding carboxylic acids is 1. The van der Waals surface area contributed by atoms with Gasteiger partial charge in [-0.05, 0) is 24.1 Å². The van der Waals surface area contributed by atoms with Gasteiger partial charge in [0.05, 0.1) is 10.6 Å². The Labute approximate surface area is 90.0 Å². The van der Waals surface area contributed by atoms with Crippen LogP contribution in [0.5, 0.6) is 0 Å². The third-order valence-electron chi connectivity index (χ3n) is 2.21. The zero-order valence-corrected chi connectivity index (χ0v) is 9.46. The van der Waals surface area contributed by atoms with Crippen molar-refractivity contribution in [1.29, 1.82) is 0 Å². The fourth-order valence-corrected chi connectivity index (χ4v) is 2.14. The Morgan fingerprint density at radius 3 is 2.27 bits per heavy atom. The number of hydrogen-bond acceptors (Lipinski definition) is 3. The molecule has 0 aliphatic carbocycles. The first-order valence-corrected chi connectivity index (χ1v) is 6.50. The molecule has 0 aromatic heterocycles. The molecule has 0 radical (unpaired) electrons. The molecule has 1 aromatic carbocycles. The predicted molar refractivity (Wildman–Crippen MR) is 58.6 cm³/mol. The molecule has 0 amide bonds. The van der Waals surface area contributed by atoms with Crippen molar-refractivity contribution in [3.05, 3.63) is 29.8 Å². The van der Waals surface area contributed by atoms with E-state index in [0.29, 0.717) is 17.7 Å². The van der Waals surface area contributed by atoms with Crippen LogP contribution in [-0.4, -0.2) is 20.5 Å². The lowest BCUT2D eigenvalue weighted by molar-refractivity contribution is -0.107. The maximum absolute atomic E-state index is 11.5.